The summed E-state index contributed by atoms with van der Waals surface area (Å²) in [6, 6.07) is 3.02. The lowest BCUT2D eigenvalue weighted by Crippen LogP contribution is -2.44. The number of unbranched alkanes of at least 4 members (excludes halogenated alkanes) is 2. The highest BCUT2D eigenvalue weighted by Gasteiger charge is 2.12. The maximum atomic E-state index is 11.9. The molecule has 0 aliphatic carbocycles. The van der Waals surface area contributed by atoms with E-state index in [-0.39, 0.29) is 19.0 Å². The number of nitrogens with zero attached hydrogens (tertiary/aromatic N) is 1. The van der Waals surface area contributed by atoms with Crippen molar-refractivity contribution >= 4 is 11.9 Å². The molecule has 0 aliphatic rings. The van der Waals surface area contributed by atoms with Gasteiger partial charge in [0.25, 0.3) is 0 Å². The molecule has 1 aromatic heterocycles. The molecule has 0 unspecified atom stereocenters. The third kappa shape index (κ3) is 7.83. The summed E-state index contributed by atoms with van der Waals surface area (Å²) < 4.78 is 5.11. The number of carbonyl (C=O) groups excluding carboxylic acids is 2. The summed E-state index contributed by atoms with van der Waals surface area (Å²) in [6.45, 7) is 6.55. The monoisotopic (exact) mass is 309 g/mol. The Morgan fingerprint density at radius 3 is 2.41 bits per heavy atom. The highest BCUT2D eigenvalue weighted by molar-refractivity contribution is 5.95. The standard InChI is InChI=1S/C16H27N3O3/c1-3-5-9-19(10-6-4-2)13-15(20)18-16(21)17-12-14-8-7-11-22-14/h7-8,11H,3-6,9-10,12-13H2,1-2H3,(H2,17,18,20,21). The number of furan rings is 1. The van der Waals surface area contributed by atoms with Crippen molar-refractivity contribution in [2.75, 3.05) is 19.6 Å². The van der Waals surface area contributed by atoms with Crippen molar-refractivity contribution in [1.29, 1.82) is 0 Å². The summed E-state index contributed by atoms with van der Waals surface area (Å²) in [5.74, 6) is 0.374. The van der Waals surface area contributed by atoms with E-state index in [0.29, 0.717) is 5.76 Å². The molecule has 1 heterocycles. The van der Waals surface area contributed by atoms with E-state index < -0.39 is 6.03 Å². The van der Waals surface area contributed by atoms with Crippen LogP contribution in [0.25, 0.3) is 0 Å². The quantitative estimate of drug-likeness (QED) is 0.696. The summed E-state index contributed by atoms with van der Waals surface area (Å²) in [5.41, 5.74) is 0. The van der Waals surface area contributed by atoms with Crippen LogP contribution < -0.4 is 10.6 Å². The van der Waals surface area contributed by atoms with Crippen LogP contribution in [0, 0.1) is 0 Å². The van der Waals surface area contributed by atoms with Gasteiger partial charge in [0.15, 0.2) is 0 Å². The van der Waals surface area contributed by atoms with Gasteiger partial charge in [0.1, 0.15) is 5.76 Å². The molecule has 0 aliphatic heterocycles. The Kier molecular flexibility index (Phi) is 8.98. The van der Waals surface area contributed by atoms with Crippen molar-refractivity contribution < 1.29 is 14.0 Å². The molecule has 0 saturated heterocycles. The first-order valence-electron chi connectivity index (χ1n) is 7.98. The Morgan fingerprint density at radius 1 is 1.18 bits per heavy atom. The number of imide groups is 1. The van der Waals surface area contributed by atoms with Crippen molar-refractivity contribution in [3.05, 3.63) is 24.2 Å². The fourth-order valence-corrected chi connectivity index (χ4v) is 2.03. The summed E-state index contributed by atoms with van der Waals surface area (Å²) in [5, 5.41) is 4.95. The van der Waals surface area contributed by atoms with E-state index in [2.05, 4.69) is 29.4 Å². The average Bonchev–Trinajstić information content (AvgIpc) is 3.01. The second kappa shape index (κ2) is 10.8. The molecule has 0 bridgehead atoms. The summed E-state index contributed by atoms with van der Waals surface area (Å²) in [4.78, 5) is 25.7. The largest absolute Gasteiger partial charge is 0.467 e. The van der Waals surface area contributed by atoms with E-state index in [0.717, 1.165) is 38.8 Å². The van der Waals surface area contributed by atoms with Crippen LogP contribution in [0.5, 0.6) is 0 Å². The Hall–Kier alpha value is -1.82. The van der Waals surface area contributed by atoms with E-state index in [9.17, 15) is 9.59 Å². The maximum absolute atomic E-state index is 11.9. The predicted molar refractivity (Wildman–Crippen MR) is 85.3 cm³/mol. The lowest BCUT2D eigenvalue weighted by Gasteiger charge is -2.21. The van der Waals surface area contributed by atoms with Crippen LogP contribution in [0.4, 0.5) is 4.79 Å². The molecule has 6 nitrogen and oxygen atoms in total. The molecule has 0 fully saturated rings. The summed E-state index contributed by atoms with van der Waals surface area (Å²) in [7, 11) is 0. The predicted octanol–water partition coefficient (Wildman–Crippen LogP) is 2.51. The molecule has 22 heavy (non-hydrogen) atoms. The number of urea groups is 1. The van der Waals surface area contributed by atoms with E-state index in [1.807, 2.05) is 0 Å². The summed E-state index contributed by atoms with van der Waals surface area (Å²) >= 11 is 0. The molecule has 0 atom stereocenters. The first kappa shape index (κ1) is 18.2. The second-order valence-electron chi connectivity index (χ2n) is 5.29. The fraction of sp³-hybridized carbons (Fsp3) is 0.625. The van der Waals surface area contributed by atoms with Gasteiger partial charge in [-0.25, -0.2) is 4.79 Å². The first-order chi connectivity index (χ1) is 10.7. The number of carbonyl (C=O) groups is 2. The van der Waals surface area contributed by atoms with Gasteiger partial charge < -0.3 is 9.73 Å². The topological polar surface area (TPSA) is 74.6 Å². The molecular weight excluding hydrogens is 282 g/mol. The third-order valence-electron chi connectivity index (χ3n) is 3.28. The smallest absolute Gasteiger partial charge is 0.321 e. The van der Waals surface area contributed by atoms with Gasteiger partial charge in [-0.2, -0.15) is 0 Å². The van der Waals surface area contributed by atoms with Crippen LogP contribution in [0.1, 0.15) is 45.3 Å². The Labute approximate surface area is 132 Å². The minimum absolute atomic E-state index is 0.258. The molecule has 1 aromatic rings. The van der Waals surface area contributed by atoms with Gasteiger partial charge in [0, 0.05) is 0 Å². The zero-order valence-electron chi connectivity index (χ0n) is 13.6. The third-order valence-corrected chi connectivity index (χ3v) is 3.28. The normalized spacial score (nSPS) is 10.7. The molecule has 2 N–H and O–H groups in total. The van der Waals surface area contributed by atoms with Gasteiger partial charge in [-0.05, 0) is 38.1 Å². The minimum Gasteiger partial charge on any atom is -0.467 e. The van der Waals surface area contributed by atoms with Crippen LogP contribution >= 0.6 is 0 Å². The zero-order valence-corrected chi connectivity index (χ0v) is 13.6. The van der Waals surface area contributed by atoms with E-state index in [4.69, 9.17) is 4.42 Å². The number of nitrogens with one attached hydrogen (secondary N) is 2. The Morgan fingerprint density at radius 2 is 1.86 bits per heavy atom. The van der Waals surface area contributed by atoms with Crippen LogP contribution in [-0.2, 0) is 11.3 Å². The number of hydrogen-bond donors (Lipinski definition) is 2. The molecule has 0 aromatic carbocycles. The summed E-state index contributed by atoms with van der Waals surface area (Å²) in [6.07, 6.45) is 5.84. The molecule has 0 spiro atoms. The van der Waals surface area contributed by atoms with E-state index in [1.54, 1.807) is 18.4 Å². The number of amides is 3. The van der Waals surface area contributed by atoms with Gasteiger partial charge in [-0.1, -0.05) is 26.7 Å². The molecule has 6 heteroatoms. The van der Waals surface area contributed by atoms with Gasteiger partial charge in [0.05, 0.1) is 19.4 Å². The van der Waals surface area contributed by atoms with E-state index in [1.165, 1.54) is 0 Å². The SMILES string of the molecule is CCCCN(CCCC)CC(=O)NC(=O)NCc1ccco1. The zero-order chi connectivity index (χ0) is 16.2. The lowest BCUT2D eigenvalue weighted by atomic mass is 10.2. The van der Waals surface area contributed by atoms with Crippen LogP contribution in [0.3, 0.4) is 0 Å². The maximum Gasteiger partial charge on any atom is 0.321 e. The van der Waals surface area contributed by atoms with Crippen molar-refractivity contribution in [1.82, 2.24) is 15.5 Å². The molecule has 0 radical (unpaired) electrons. The van der Waals surface area contributed by atoms with E-state index >= 15 is 0 Å². The Bertz CT molecular complexity index is 424. The van der Waals surface area contributed by atoms with Crippen molar-refractivity contribution in [2.24, 2.45) is 0 Å². The average molecular weight is 309 g/mol. The molecule has 124 valence electrons. The Balaban J connectivity index is 2.29. The van der Waals surface area contributed by atoms with Gasteiger partial charge in [0.2, 0.25) is 5.91 Å². The highest BCUT2D eigenvalue weighted by Crippen LogP contribution is 1.99. The number of hydrogen-bond acceptors (Lipinski definition) is 4. The van der Waals surface area contributed by atoms with Crippen molar-refractivity contribution in [3.63, 3.8) is 0 Å². The van der Waals surface area contributed by atoms with Gasteiger partial charge in [-0.3, -0.25) is 15.0 Å². The van der Waals surface area contributed by atoms with Gasteiger partial charge >= 0.3 is 6.03 Å². The lowest BCUT2D eigenvalue weighted by molar-refractivity contribution is -0.121. The number of rotatable bonds is 10. The van der Waals surface area contributed by atoms with Gasteiger partial charge in [-0.15, -0.1) is 0 Å². The molecule has 3 amide bonds. The minimum atomic E-state index is -0.493. The van der Waals surface area contributed by atoms with Crippen LogP contribution in [0.2, 0.25) is 0 Å². The van der Waals surface area contributed by atoms with Crippen LogP contribution in [0.15, 0.2) is 22.8 Å². The van der Waals surface area contributed by atoms with Crippen molar-refractivity contribution in [3.8, 4) is 0 Å². The highest BCUT2D eigenvalue weighted by atomic mass is 16.3. The second-order valence-corrected chi connectivity index (χ2v) is 5.29. The molecular formula is C16H27N3O3. The van der Waals surface area contributed by atoms with Crippen LogP contribution in [-0.4, -0.2) is 36.5 Å². The van der Waals surface area contributed by atoms with Crippen molar-refractivity contribution in [2.45, 2.75) is 46.1 Å². The molecule has 1 rings (SSSR count). The molecule has 0 saturated carbocycles. The first-order valence-corrected chi connectivity index (χ1v) is 7.98. The fourth-order valence-electron chi connectivity index (χ4n) is 2.03.